The van der Waals surface area contributed by atoms with E-state index in [1.54, 1.807) is 29.5 Å². The lowest BCUT2D eigenvalue weighted by Gasteiger charge is -2.30. The molecule has 2 aromatic heterocycles. The molecule has 3 aromatic rings. The van der Waals surface area contributed by atoms with E-state index in [2.05, 4.69) is 20.2 Å². The molecule has 9 heteroatoms. The Labute approximate surface area is 180 Å². The molecule has 1 atom stereocenters. The summed E-state index contributed by atoms with van der Waals surface area (Å²) in [5.74, 6) is 2.75. The fourth-order valence-corrected chi connectivity index (χ4v) is 4.01. The summed E-state index contributed by atoms with van der Waals surface area (Å²) in [6, 6.07) is 7.32. The number of carbonyl (C=O) groups is 1. The maximum atomic E-state index is 13.2. The van der Waals surface area contributed by atoms with E-state index in [0.717, 1.165) is 55.1 Å². The van der Waals surface area contributed by atoms with Gasteiger partial charge in [0, 0.05) is 31.7 Å². The van der Waals surface area contributed by atoms with E-state index < -0.39 is 0 Å². The summed E-state index contributed by atoms with van der Waals surface area (Å²) < 4.78 is 12.5. The first kappa shape index (κ1) is 19.3. The summed E-state index contributed by atoms with van der Waals surface area (Å²) in [7, 11) is 0. The topological polar surface area (TPSA) is 94.4 Å². The van der Waals surface area contributed by atoms with Gasteiger partial charge in [-0.1, -0.05) is 18.9 Å². The van der Waals surface area contributed by atoms with Crippen LogP contribution in [0.25, 0.3) is 5.95 Å². The average molecular weight is 420 g/mol. The number of nitrogens with zero attached hydrogens (tertiary/aromatic N) is 5. The van der Waals surface area contributed by atoms with E-state index in [-0.39, 0.29) is 18.7 Å². The zero-order chi connectivity index (χ0) is 21.0. The monoisotopic (exact) mass is 420 g/mol. The molecule has 0 aliphatic carbocycles. The zero-order valence-corrected chi connectivity index (χ0v) is 17.1. The lowest BCUT2D eigenvalue weighted by atomic mass is 10.1. The van der Waals surface area contributed by atoms with E-state index in [9.17, 15) is 4.79 Å². The lowest BCUT2D eigenvalue weighted by Crippen LogP contribution is -2.47. The van der Waals surface area contributed by atoms with Crippen LogP contribution in [0.3, 0.4) is 0 Å². The van der Waals surface area contributed by atoms with Gasteiger partial charge in [0.05, 0.1) is 0 Å². The molecule has 160 valence electrons. The molecule has 1 unspecified atom stereocenters. The third kappa shape index (κ3) is 4.16. The molecule has 1 fully saturated rings. The van der Waals surface area contributed by atoms with Gasteiger partial charge in [-0.25, -0.2) is 9.97 Å². The van der Waals surface area contributed by atoms with Crippen LogP contribution in [-0.4, -0.2) is 44.8 Å². The molecule has 0 bridgehead atoms. The number of amides is 1. The predicted octanol–water partition coefficient (Wildman–Crippen LogP) is 2.46. The molecular formula is C22H24N6O3. The third-order valence-electron chi connectivity index (χ3n) is 5.62. The summed E-state index contributed by atoms with van der Waals surface area (Å²) in [5, 5.41) is 3.09. The molecule has 9 nitrogen and oxygen atoms in total. The van der Waals surface area contributed by atoms with Crippen molar-refractivity contribution in [3.63, 3.8) is 0 Å². The summed E-state index contributed by atoms with van der Waals surface area (Å²) in [5.41, 5.74) is 0.974. The Kier molecular flexibility index (Phi) is 5.39. The smallest absolute Gasteiger partial charge is 0.243 e. The van der Waals surface area contributed by atoms with Gasteiger partial charge in [-0.3, -0.25) is 9.36 Å². The third-order valence-corrected chi connectivity index (χ3v) is 5.62. The van der Waals surface area contributed by atoms with Crippen LogP contribution in [0.4, 0.5) is 5.82 Å². The molecule has 1 saturated heterocycles. The molecule has 0 radical (unpaired) electrons. The van der Waals surface area contributed by atoms with Crippen molar-refractivity contribution in [2.24, 2.45) is 0 Å². The fraction of sp³-hybridized carbons (Fsp3) is 0.364. The highest BCUT2D eigenvalue weighted by Crippen LogP contribution is 2.32. The van der Waals surface area contributed by atoms with Gasteiger partial charge in [0.2, 0.25) is 18.6 Å². The van der Waals surface area contributed by atoms with Gasteiger partial charge in [-0.05, 0) is 36.6 Å². The number of rotatable bonds is 5. The van der Waals surface area contributed by atoms with Crippen LogP contribution in [0.15, 0.2) is 49.2 Å². The Bertz CT molecular complexity index is 1060. The van der Waals surface area contributed by atoms with Crippen LogP contribution in [0.1, 0.15) is 31.2 Å². The number of hydrogen-bond acceptors (Lipinski definition) is 7. The van der Waals surface area contributed by atoms with Crippen molar-refractivity contribution in [1.29, 1.82) is 0 Å². The average Bonchev–Trinajstić information content (AvgIpc) is 3.44. The SMILES string of the molecule is O=C(NCc1ccc2c(c1)OCO2)C1CCCCCN1c1ccnc(-n2ccnc2)n1. The minimum absolute atomic E-state index is 0.00219. The first-order valence-corrected chi connectivity index (χ1v) is 10.5. The molecule has 2 aliphatic rings. The van der Waals surface area contributed by atoms with Crippen LogP contribution < -0.4 is 19.7 Å². The summed E-state index contributed by atoms with van der Waals surface area (Å²) in [6.45, 7) is 1.45. The molecule has 2 aliphatic heterocycles. The Morgan fingerprint density at radius 1 is 1.13 bits per heavy atom. The highest BCUT2D eigenvalue weighted by Gasteiger charge is 2.29. The second-order valence-electron chi connectivity index (χ2n) is 7.65. The standard InChI is InChI=1S/C22H24N6O3/c29-21(25-13-16-5-6-18-19(12-16)31-15-30-18)17-4-2-1-3-10-28(17)20-7-8-24-22(26-20)27-11-9-23-14-27/h5-9,11-12,14,17H,1-4,10,13,15H2,(H,25,29). The molecule has 0 spiro atoms. The van der Waals surface area contributed by atoms with Crippen molar-refractivity contribution in [1.82, 2.24) is 24.8 Å². The van der Waals surface area contributed by atoms with Gasteiger partial charge < -0.3 is 19.7 Å². The summed E-state index contributed by atoms with van der Waals surface area (Å²) >= 11 is 0. The molecule has 5 rings (SSSR count). The molecule has 31 heavy (non-hydrogen) atoms. The minimum Gasteiger partial charge on any atom is -0.454 e. The molecule has 1 N–H and O–H groups in total. The zero-order valence-electron chi connectivity index (χ0n) is 17.1. The predicted molar refractivity (Wildman–Crippen MR) is 113 cm³/mol. The number of nitrogens with one attached hydrogen (secondary N) is 1. The van der Waals surface area contributed by atoms with Crippen molar-refractivity contribution in [2.75, 3.05) is 18.2 Å². The van der Waals surface area contributed by atoms with Gasteiger partial charge >= 0.3 is 0 Å². The number of carbonyl (C=O) groups excluding carboxylic acids is 1. The van der Waals surface area contributed by atoms with E-state index in [1.807, 2.05) is 24.3 Å². The highest BCUT2D eigenvalue weighted by atomic mass is 16.7. The number of benzene rings is 1. The van der Waals surface area contributed by atoms with Gasteiger partial charge in [0.15, 0.2) is 11.5 Å². The Morgan fingerprint density at radius 3 is 2.97 bits per heavy atom. The first-order valence-electron chi connectivity index (χ1n) is 10.5. The molecule has 0 saturated carbocycles. The number of ether oxygens (including phenoxy) is 2. The van der Waals surface area contributed by atoms with Crippen molar-refractivity contribution in [3.8, 4) is 17.4 Å². The quantitative estimate of drug-likeness (QED) is 0.678. The van der Waals surface area contributed by atoms with E-state index in [4.69, 9.17) is 14.5 Å². The van der Waals surface area contributed by atoms with Crippen LogP contribution in [0.5, 0.6) is 11.5 Å². The van der Waals surface area contributed by atoms with Crippen LogP contribution in [-0.2, 0) is 11.3 Å². The van der Waals surface area contributed by atoms with E-state index in [1.165, 1.54) is 0 Å². The van der Waals surface area contributed by atoms with Crippen LogP contribution in [0.2, 0.25) is 0 Å². The lowest BCUT2D eigenvalue weighted by molar-refractivity contribution is -0.122. The number of fused-ring (bicyclic) bond motifs is 1. The largest absolute Gasteiger partial charge is 0.454 e. The molecule has 1 aromatic carbocycles. The molecule has 1 amide bonds. The number of anilines is 1. The number of imidazole rings is 1. The van der Waals surface area contributed by atoms with Crippen molar-refractivity contribution < 1.29 is 14.3 Å². The second-order valence-corrected chi connectivity index (χ2v) is 7.65. The van der Waals surface area contributed by atoms with Crippen molar-refractivity contribution >= 4 is 11.7 Å². The highest BCUT2D eigenvalue weighted by molar-refractivity contribution is 5.85. The minimum atomic E-state index is -0.276. The normalized spacial score (nSPS) is 17.9. The summed E-state index contributed by atoms with van der Waals surface area (Å²) in [4.78, 5) is 28.4. The second kappa shape index (κ2) is 8.63. The van der Waals surface area contributed by atoms with Gasteiger partial charge in [0.25, 0.3) is 0 Å². The Hall–Kier alpha value is -3.62. The summed E-state index contributed by atoms with van der Waals surface area (Å²) in [6.07, 6.45) is 10.8. The maximum absolute atomic E-state index is 13.2. The maximum Gasteiger partial charge on any atom is 0.243 e. The van der Waals surface area contributed by atoms with Crippen LogP contribution in [0, 0.1) is 0 Å². The van der Waals surface area contributed by atoms with E-state index >= 15 is 0 Å². The van der Waals surface area contributed by atoms with Gasteiger partial charge in [0.1, 0.15) is 18.2 Å². The van der Waals surface area contributed by atoms with E-state index in [0.29, 0.717) is 12.5 Å². The van der Waals surface area contributed by atoms with Crippen LogP contribution >= 0.6 is 0 Å². The fourth-order valence-electron chi connectivity index (χ4n) is 4.01. The van der Waals surface area contributed by atoms with Crippen molar-refractivity contribution in [2.45, 2.75) is 38.3 Å². The van der Waals surface area contributed by atoms with Crippen molar-refractivity contribution in [3.05, 3.63) is 54.7 Å². The molecular weight excluding hydrogens is 396 g/mol. The number of hydrogen-bond donors (Lipinski definition) is 1. The van der Waals surface area contributed by atoms with Gasteiger partial charge in [-0.2, -0.15) is 4.98 Å². The van der Waals surface area contributed by atoms with Gasteiger partial charge in [-0.15, -0.1) is 0 Å². The number of aromatic nitrogens is 4. The Morgan fingerprint density at radius 2 is 2.06 bits per heavy atom. The Balaban J connectivity index is 1.32. The first-order chi connectivity index (χ1) is 15.3. The molecule has 4 heterocycles.